The molecule has 1 amide bonds. The van der Waals surface area contributed by atoms with Crippen molar-refractivity contribution in [1.82, 2.24) is 19.8 Å². The maximum absolute atomic E-state index is 11.7. The Morgan fingerprint density at radius 2 is 1.97 bits per heavy atom. The summed E-state index contributed by atoms with van der Waals surface area (Å²) in [6, 6.07) is 5.05. The van der Waals surface area contributed by atoms with Gasteiger partial charge in [0.1, 0.15) is 10.8 Å². The molecule has 4 N–H and O–H groups in total. The average molecular weight is 503 g/mol. The summed E-state index contributed by atoms with van der Waals surface area (Å²) in [5, 5.41) is 17.4. The fourth-order valence-corrected chi connectivity index (χ4v) is 5.51. The maximum atomic E-state index is 11.7. The number of rotatable bonds is 8. The molecule has 11 heteroatoms. The van der Waals surface area contributed by atoms with Crippen LogP contribution in [-0.4, -0.2) is 70.1 Å². The van der Waals surface area contributed by atoms with Crippen LogP contribution in [0.2, 0.25) is 0 Å². The highest BCUT2D eigenvalue weighted by Gasteiger charge is 2.26. The van der Waals surface area contributed by atoms with Crippen molar-refractivity contribution in [2.75, 3.05) is 38.5 Å². The number of nitrogens with two attached hydrogens (primary N) is 1. The van der Waals surface area contributed by atoms with Crippen molar-refractivity contribution in [3.8, 4) is 16.3 Å². The van der Waals surface area contributed by atoms with Crippen LogP contribution in [0.15, 0.2) is 23.6 Å². The van der Waals surface area contributed by atoms with Gasteiger partial charge in [-0.05, 0) is 46.0 Å². The Hall–Kier alpha value is -2.57. The predicted octanol–water partition coefficient (Wildman–Crippen LogP) is 3.44. The topological polar surface area (TPSA) is 117 Å². The van der Waals surface area contributed by atoms with E-state index in [0.717, 1.165) is 42.4 Å². The minimum Gasteiger partial charge on any atom is -0.489 e. The number of nitrogens with zero attached hydrogens (tertiary/aromatic N) is 4. The van der Waals surface area contributed by atoms with E-state index in [-0.39, 0.29) is 6.10 Å². The molecule has 1 unspecified atom stereocenters. The van der Waals surface area contributed by atoms with Crippen LogP contribution in [0.5, 0.6) is 5.75 Å². The van der Waals surface area contributed by atoms with Gasteiger partial charge in [-0.3, -0.25) is 9.69 Å². The van der Waals surface area contributed by atoms with Crippen LogP contribution >= 0.6 is 22.7 Å². The third-order valence-corrected chi connectivity index (χ3v) is 7.50. The van der Waals surface area contributed by atoms with Crippen molar-refractivity contribution < 1.29 is 14.6 Å². The molecule has 3 heterocycles. The molecule has 0 spiro atoms. The Morgan fingerprint density at radius 3 is 2.65 bits per heavy atom. The van der Waals surface area contributed by atoms with Gasteiger partial charge >= 0.3 is 0 Å². The van der Waals surface area contributed by atoms with E-state index in [4.69, 9.17) is 15.5 Å². The van der Waals surface area contributed by atoms with E-state index in [2.05, 4.69) is 27.1 Å². The molecule has 3 aromatic rings. The Labute approximate surface area is 207 Å². The molecular formula is C23H30N6O3S2. The lowest BCUT2D eigenvalue weighted by Gasteiger charge is -2.34. The number of likely N-dealkylation sites (N-methyl/N-ethyl adjacent to an activating group) is 1. The summed E-state index contributed by atoms with van der Waals surface area (Å²) in [7, 11) is 2.09. The first kappa shape index (κ1) is 24.6. The minimum absolute atomic E-state index is 0.0307. The van der Waals surface area contributed by atoms with Gasteiger partial charge in [0.05, 0.1) is 28.1 Å². The van der Waals surface area contributed by atoms with Gasteiger partial charge in [-0.1, -0.05) is 0 Å². The van der Waals surface area contributed by atoms with Gasteiger partial charge in [0.15, 0.2) is 11.4 Å². The van der Waals surface area contributed by atoms with E-state index in [9.17, 15) is 9.90 Å². The number of nitrogens with one attached hydrogen (secondary N) is 1. The first-order valence-electron chi connectivity index (χ1n) is 11.1. The first-order chi connectivity index (χ1) is 16.2. The number of hydrogen-bond acceptors (Lipinski definition) is 10. The lowest BCUT2D eigenvalue weighted by atomic mass is 10.1. The second kappa shape index (κ2) is 10.4. The highest BCUT2D eigenvalue weighted by atomic mass is 32.1. The summed E-state index contributed by atoms with van der Waals surface area (Å²) in [4.78, 5) is 26.3. The number of carbonyl (C=O) groups is 1. The van der Waals surface area contributed by atoms with E-state index >= 15 is 0 Å². The van der Waals surface area contributed by atoms with Crippen LogP contribution in [0, 0.1) is 6.92 Å². The molecule has 34 heavy (non-hydrogen) atoms. The number of primary amides is 1. The Balaban J connectivity index is 1.54. The van der Waals surface area contributed by atoms with Crippen molar-refractivity contribution in [1.29, 1.82) is 0 Å². The number of amides is 1. The SMILES string of the molecule is Cc1nc(C(O)N2CCN(C)CC2)sc1-c1csc(Nc2cc(C(N)=O)ccc2OC(C)C)n1. The quantitative estimate of drug-likeness (QED) is 0.429. The van der Waals surface area contributed by atoms with E-state index in [1.54, 1.807) is 18.2 Å². The number of ether oxygens (including phenoxy) is 1. The summed E-state index contributed by atoms with van der Waals surface area (Å²) < 4.78 is 5.88. The van der Waals surface area contributed by atoms with Gasteiger partial charge < -0.3 is 25.8 Å². The van der Waals surface area contributed by atoms with Crippen LogP contribution < -0.4 is 15.8 Å². The number of anilines is 2. The largest absolute Gasteiger partial charge is 0.489 e. The second-order valence-electron chi connectivity index (χ2n) is 8.58. The van der Waals surface area contributed by atoms with E-state index in [1.807, 2.05) is 26.2 Å². The number of carbonyl (C=O) groups excluding carboxylic acids is 1. The Kier molecular flexibility index (Phi) is 7.48. The Morgan fingerprint density at radius 1 is 1.24 bits per heavy atom. The zero-order chi connectivity index (χ0) is 24.4. The molecule has 1 atom stereocenters. The normalized spacial score (nSPS) is 16.1. The molecule has 0 saturated carbocycles. The minimum atomic E-state index is -0.713. The van der Waals surface area contributed by atoms with E-state index < -0.39 is 12.1 Å². The van der Waals surface area contributed by atoms with Crippen LogP contribution in [0.4, 0.5) is 10.8 Å². The molecule has 1 aliphatic heterocycles. The number of aryl methyl sites for hydroxylation is 1. The number of thiazole rings is 2. The third-order valence-electron chi connectivity index (χ3n) is 5.52. The zero-order valence-corrected chi connectivity index (χ0v) is 21.4. The predicted molar refractivity (Wildman–Crippen MR) is 136 cm³/mol. The number of aliphatic hydroxyl groups is 1. The lowest BCUT2D eigenvalue weighted by molar-refractivity contribution is -0.0233. The molecule has 1 saturated heterocycles. The van der Waals surface area contributed by atoms with Crippen molar-refractivity contribution >= 4 is 39.4 Å². The number of aromatic nitrogens is 2. The molecule has 4 rings (SSSR count). The summed E-state index contributed by atoms with van der Waals surface area (Å²) in [6.07, 6.45) is -0.744. The maximum Gasteiger partial charge on any atom is 0.248 e. The standard InChI is InChI=1S/C23H30N6O3S2/c1-13(2)32-18-6-5-15(20(24)30)11-16(18)26-23-27-17(12-33-23)19-14(3)25-21(34-19)22(31)29-9-7-28(4)8-10-29/h5-6,11-13,22,31H,7-10H2,1-4H3,(H2,24,30)(H,26,27). The summed E-state index contributed by atoms with van der Waals surface area (Å²) in [5.74, 6) is 0.106. The fraction of sp³-hybridized carbons (Fsp3) is 0.435. The van der Waals surface area contributed by atoms with Crippen LogP contribution in [0.25, 0.3) is 10.6 Å². The lowest BCUT2D eigenvalue weighted by Crippen LogP contribution is -2.45. The summed E-state index contributed by atoms with van der Waals surface area (Å²) >= 11 is 2.91. The van der Waals surface area contributed by atoms with Crippen molar-refractivity contribution in [3.63, 3.8) is 0 Å². The van der Waals surface area contributed by atoms with Crippen LogP contribution in [0.1, 0.15) is 41.1 Å². The van der Waals surface area contributed by atoms with Crippen molar-refractivity contribution in [2.45, 2.75) is 33.1 Å². The number of benzene rings is 1. The molecule has 1 aromatic carbocycles. The van der Waals surface area contributed by atoms with Gasteiger partial charge in [0, 0.05) is 37.1 Å². The fourth-order valence-electron chi connectivity index (χ4n) is 3.68. The molecule has 0 aliphatic carbocycles. The van der Waals surface area contributed by atoms with E-state index in [0.29, 0.717) is 27.1 Å². The molecule has 2 aromatic heterocycles. The van der Waals surface area contributed by atoms with Crippen molar-refractivity contribution in [3.05, 3.63) is 39.8 Å². The molecule has 9 nitrogen and oxygen atoms in total. The van der Waals surface area contributed by atoms with E-state index in [1.165, 1.54) is 22.7 Å². The molecule has 0 radical (unpaired) electrons. The van der Waals surface area contributed by atoms with Crippen molar-refractivity contribution in [2.24, 2.45) is 5.73 Å². The van der Waals surface area contributed by atoms with Gasteiger partial charge in [0.2, 0.25) is 5.91 Å². The van der Waals surface area contributed by atoms with Gasteiger partial charge in [0.25, 0.3) is 0 Å². The second-order valence-corrected chi connectivity index (χ2v) is 10.5. The van der Waals surface area contributed by atoms with Gasteiger partial charge in [-0.15, -0.1) is 22.7 Å². The van der Waals surface area contributed by atoms with Crippen LogP contribution in [-0.2, 0) is 0 Å². The third kappa shape index (κ3) is 5.56. The number of piperazine rings is 1. The number of hydrogen-bond donors (Lipinski definition) is 3. The molecular weight excluding hydrogens is 472 g/mol. The molecule has 182 valence electrons. The monoisotopic (exact) mass is 502 g/mol. The van der Waals surface area contributed by atoms with Crippen LogP contribution in [0.3, 0.4) is 0 Å². The summed E-state index contributed by atoms with van der Waals surface area (Å²) in [6.45, 7) is 9.28. The average Bonchev–Trinajstić information content (AvgIpc) is 3.40. The highest BCUT2D eigenvalue weighted by molar-refractivity contribution is 7.17. The van der Waals surface area contributed by atoms with Gasteiger partial charge in [-0.2, -0.15) is 0 Å². The zero-order valence-electron chi connectivity index (χ0n) is 19.7. The number of aliphatic hydroxyl groups excluding tert-OH is 1. The highest BCUT2D eigenvalue weighted by Crippen LogP contribution is 2.37. The molecule has 1 fully saturated rings. The summed E-state index contributed by atoms with van der Waals surface area (Å²) in [5.41, 5.74) is 8.09. The Bertz CT molecular complexity index is 1150. The smallest absolute Gasteiger partial charge is 0.248 e. The molecule has 1 aliphatic rings. The molecule has 0 bridgehead atoms. The van der Waals surface area contributed by atoms with Gasteiger partial charge in [-0.25, -0.2) is 9.97 Å². The first-order valence-corrected chi connectivity index (χ1v) is 12.8.